The summed E-state index contributed by atoms with van der Waals surface area (Å²) >= 11 is 0. The second kappa shape index (κ2) is 6.19. The zero-order chi connectivity index (χ0) is 18.4. The van der Waals surface area contributed by atoms with Gasteiger partial charge in [0, 0.05) is 11.6 Å². The Hall–Kier alpha value is -3.22. The molecule has 27 heavy (non-hydrogen) atoms. The Morgan fingerprint density at radius 3 is 2.67 bits per heavy atom. The number of imidazole rings is 1. The van der Waals surface area contributed by atoms with Crippen LogP contribution in [0, 0.1) is 5.82 Å². The quantitative estimate of drug-likeness (QED) is 0.701. The van der Waals surface area contributed by atoms with Gasteiger partial charge >= 0.3 is 0 Å². The number of methoxy groups -OCH3 is 1. The molecule has 2 heterocycles. The van der Waals surface area contributed by atoms with E-state index in [4.69, 9.17) is 9.72 Å². The molecule has 136 valence electrons. The highest BCUT2D eigenvalue weighted by molar-refractivity contribution is 5.88. The first-order valence-electron chi connectivity index (χ1n) is 8.89. The molecular formula is C20H18FN5O. The molecule has 0 saturated heterocycles. The molecule has 1 unspecified atom stereocenters. The number of benzene rings is 2. The standard InChI is InChI=1S/C20H18FN5O/c1-27-16-7-5-15(6-8-16)25-12-22-11-23-20(25)26-18-10-14(21)4-9-17(18)24-19(26)13-2-3-13/h4-13,20H,2-3H2,1H3. The zero-order valence-corrected chi connectivity index (χ0v) is 14.8. The summed E-state index contributed by atoms with van der Waals surface area (Å²) in [5.41, 5.74) is 2.44. The number of aliphatic imine (C=N–C) groups is 2. The summed E-state index contributed by atoms with van der Waals surface area (Å²) in [5, 5.41) is 0. The number of halogens is 1. The van der Waals surface area contributed by atoms with Crippen LogP contribution >= 0.6 is 0 Å². The van der Waals surface area contributed by atoms with E-state index >= 15 is 0 Å². The highest BCUT2D eigenvalue weighted by Gasteiger charge is 2.34. The van der Waals surface area contributed by atoms with Crippen LogP contribution in [-0.2, 0) is 0 Å². The van der Waals surface area contributed by atoms with Crippen LogP contribution in [0.3, 0.4) is 0 Å². The molecule has 1 aromatic heterocycles. The van der Waals surface area contributed by atoms with E-state index in [2.05, 4.69) is 9.98 Å². The fourth-order valence-electron chi connectivity index (χ4n) is 3.43. The van der Waals surface area contributed by atoms with Gasteiger partial charge in [0.15, 0.2) is 0 Å². The molecule has 1 saturated carbocycles. The molecule has 2 aliphatic rings. The number of fused-ring (bicyclic) bond motifs is 1. The topological polar surface area (TPSA) is 55.0 Å². The van der Waals surface area contributed by atoms with Crippen molar-refractivity contribution in [2.24, 2.45) is 9.98 Å². The normalized spacial score (nSPS) is 19.0. The molecule has 0 amide bonds. The Kier molecular flexibility index (Phi) is 3.67. The van der Waals surface area contributed by atoms with Crippen molar-refractivity contribution in [3.8, 4) is 5.75 Å². The number of hydrogen-bond donors (Lipinski definition) is 0. The molecule has 1 atom stereocenters. The zero-order valence-electron chi connectivity index (χ0n) is 14.8. The van der Waals surface area contributed by atoms with E-state index in [0.717, 1.165) is 41.1 Å². The molecule has 0 radical (unpaired) electrons. The van der Waals surface area contributed by atoms with Crippen molar-refractivity contribution in [1.29, 1.82) is 0 Å². The van der Waals surface area contributed by atoms with E-state index in [0.29, 0.717) is 5.92 Å². The summed E-state index contributed by atoms with van der Waals surface area (Å²) in [4.78, 5) is 15.5. The van der Waals surface area contributed by atoms with Gasteiger partial charge in [-0.3, -0.25) is 9.47 Å². The number of ether oxygens (including phenoxy) is 1. The van der Waals surface area contributed by atoms with Gasteiger partial charge < -0.3 is 4.74 Å². The van der Waals surface area contributed by atoms with Crippen molar-refractivity contribution in [1.82, 2.24) is 9.55 Å². The van der Waals surface area contributed by atoms with Crippen LogP contribution in [0.15, 0.2) is 52.4 Å². The first-order valence-corrected chi connectivity index (χ1v) is 8.89. The van der Waals surface area contributed by atoms with E-state index in [1.807, 2.05) is 33.7 Å². The summed E-state index contributed by atoms with van der Waals surface area (Å²) < 4.78 is 21.3. The van der Waals surface area contributed by atoms with Crippen LogP contribution in [0.2, 0.25) is 0 Å². The van der Waals surface area contributed by atoms with Crippen LogP contribution in [0.4, 0.5) is 10.1 Å². The van der Waals surface area contributed by atoms with Gasteiger partial charge in [-0.1, -0.05) is 0 Å². The number of rotatable bonds is 4. The van der Waals surface area contributed by atoms with E-state index < -0.39 is 6.29 Å². The molecule has 0 bridgehead atoms. The summed E-state index contributed by atoms with van der Waals surface area (Å²) in [6.45, 7) is 0. The SMILES string of the molecule is COc1ccc(N2C=NC=NC2n2c(C3CC3)nc3ccc(F)cc32)cc1. The third-order valence-corrected chi connectivity index (χ3v) is 4.93. The monoisotopic (exact) mass is 363 g/mol. The summed E-state index contributed by atoms with van der Waals surface area (Å²) in [7, 11) is 1.64. The van der Waals surface area contributed by atoms with Crippen LogP contribution in [0.5, 0.6) is 5.75 Å². The molecule has 2 aromatic carbocycles. The maximum atomic E-state index is 14.0. The van der Waals surface area contributed by atoms with Crippen molar-refractivity contribution in [3.63, 3.8) is 0 Å². The molecule has 5 rings (SSSR count). The number of nitrogens with zero attached hydrogens (tertiary/aromatic N) is 5. The Labute approximate surface area is 155 Å². The van der Waals surface area contributed by atoms with Gasteiger partial charge in [0.1, 0.15) is 23.7 Å². The van der Waals surface area contributed by atoms with Crippen molar-refractivity contribution in [3.05, 3.63) is 54.1 Å². The Balaban J connectivity index is 1.65. The van der Waals surface area contributed by atoms with Gasteiger partial charge in [-0.05, 0) is 55.3 Å². The maximum absolute atomic E-state index is 14.0. The highest BCUT2D eigenvalue weighted by atomic mass is 19.1. The predicted molar refractivity (Wildman–Crippen MR) is 103 cm³/mol. The third kappa shape index (κ3) is 2.75. The van der Waals surface area contributed by atoms with Crippen molar-refractivity contribution in [2.45, 2.75) is 25.0 Å². The van der Waals surface area contributed by atoms with E-state index in [1.54, 1.807) is 19.5 Å². The minimum absolute atomic E-state index is 0.282. The van der Waals surface area contributed by atoms with Gasteiger partial charge in [0.2, 0.25) is 6.29 Å². The van der Waals surface area contributed by atoms with E-state index in [1.165, 1.54) is 18.5 Å². The van der Waals surface area contributed by atoms with Crippen LogP contribution in [-0.4, -0.2) is 29.3 Å². The fraction of sp³-hybridized carbons (Fsp3) is 0.250. The van der Waals surface area contributed by atoms with Crippen LogP contribution in [0.25, 0.3) is 11.0 Å². The molecule has 3 aromatic rings. The lowest BCUT2D eigenvalue weighted by molar-refractivity contribution is 0.414. The maximum Gasteiger partial charge on any atom is 0.210 e. The molecule has 1 fully saturated rings. The van der Waals surface area contributed by atoms with Crippen molar-refractivity contribution >= 4 is 29.4 Å². The van der Waals surface area contributed by atoms with Crippen molar-refractivity contribution in [2.75, 3.05) is 12.0 Å². The van der Waals surface area contributed by atoms with Crippen LogP contribution in [0.1, 0.15) is 30.9 Å². The molecule has 7 heteroatoms. The van der Waals surface area contributed by atoms with Gasteiger partial charge in [-0.2, -0.15) is 0 Å². The lowest BCUT2D eigenvalue weighted by Gasteiger charge is -2.31. The molecule has 1 aliphatic heterocycles. The number of aromatic nitrogens is 2. The Morgan fingerprint density at radius 2 is 1.93 bits per heavy atom. The van der Waals surface area contributed by atoms with Crippen molar-refractivity contribution < 1.29 is 9.13 Å². The van der Waals surface area contributed by atoms with E-state index in [-0.39, 0.29) is 5.82 Å². The summed E-state index contributed by atoms with van der Waals surface area (Å²) in [5.74, 6) is 1.84. The molecular weight excluding hydrogens is 345 g/mol. The molecule has 0 N–H and O–H groups in total. The Morgan fingerprint density at radius 1 is 1.11 bits per heavy atom. The van der Waals surface area contributed by atoms with Gasteiger partial charge in [0.25, 0.3) is 0 Å². The number of hydrogen-bond acceptors (Lipinski definition) is 5. The average Bonchev–Trinajstić information content (AvgIpc) is 3.49. The lowest BCUT2D eigenvalue weighted by Crippen LogP contribution is -2.33. The second-order valence-corrected chi connectivity index (χ2v) is 6.73. The van der Waals surface area contributed by atoms with Gasteiger partial charge in [-0.25, -0.2) is 19.4 Å². The third-order valence-electron chi connectivity index (χ3n) is 4.93. The molecule has 1 aliphatic carbocycles. The lowest BCUT2D eigenvalue weighted by atomic mass is 10.2. The fourth-order valence-corrected chi connectivity index (χ4v) is 3.43. The predicted octanol–water partition coefficient (Wildman–Crippen LogP) is 4.09. The Bertz CT molecular complexity index is 1050. The molecule has 0 spiro atoms. The minimum Gasteiger partial charge on any atom is -0.497 e. The van der Waals surface area contributed by atoms with Crippen LogP contribution < -0.4 is 9.64 Å². The second-order valence-electron chi connectivity index (χ2n) is 6.73. The highest BCUT2D eigenvalue weighted by Crippen LogP contribution is 2.43. The van der Waals surface area contributed by atoms with E-state index in [9.17, 15) is 4.39 Å². The first-order chi connectivity index (χ1) is 13.2. The minimum atomic E-state index is -0.404. The average molecular weight is 363 g/mol. The summed E-state index contributed by atoms with van der Waals surface area (Å²) in [6, 6.07) is 12.4. The molecule has 6 nitrogen and oxygen atoms in total. The van der Waals surface area contributed by atoms with Gasteiger partial charge in [-0.15, -0.1) is 0 Å². The summed E-state index contributed by atoms with van der Waals surface area (Å²) in [6.07, 6.45) is 5.06. The smallest absolute Gasteiger partial charge is 0.210 e. The first kappa shape index (κ1) is 16.0. The number of anilines is 1. The largest absolute Gasteiger partial charge is 0.497 e. The van der Waals surface area contributed by atoms with Gasteiger partial charge in [0.05, 0.1) is 24.5 Å².